The second kappa shape index (κ2) is 12.7. The molecular formula is C31H30FN5O5S. The van der Waals surface area contributed by atoms with E-state index >= 15 is 0 Å². The summed E-state index contributed by atoms with van der Waals surface area (Å²) in [7, 11) is 0. The number of carbonyl (C=O) groups excluding carboxylic acids is 3. The summed E-state index contributed by atoms with van der Waals surface area (Å²) in [5.41, 5.74) is 0.732. The van der Waals surface area contributed by atoms with Crippen molar-refractivity contribution in [1.82, 2.24) is 20.0 Å². The van der Waals surface area contributed by atoms with Crippen molar-refractivity contribution in [3.05, 3.63) is 82.0 Å². The average molecular weight is 604 g/mol. The van der Waals surface area contributed by atoms with Gasteiger partial charge in [-0.05, 0) is 43.7 Å². The number of carbonyl (C=O) groups is 3. The fourth-order valence-electron chi connectivity index (χ4n) is 4.74. The maximum absolute atomic E-state index is 14.5. The summed E-state index contributed by atoms with van der Waals surface area (Å²) in [6, 6.07) is 14.9. The van der Waals surface area contributed by atoms with E-state index in [1.165, 1.54) is 12.1 Å². The van der Waals surface area contributed by atoms with Crippen molar-refractivity contribution in [2.24, 2.45) is 0 Å². The van der Waals surface area contributed by atoms with E-state index in [1.807, 2.05) is 12.1 Å². The van der Waals surface area contributed by atoms with Gasteiger partial charge in [0.1, 0.15) is 10.6 Å². The van der Waals surface area contributed by atoms with Gasteiger partial charge >= 0.3 is 6.09 Å². The van der Waals surface area contributed by atoms with Crippen molar-refractivity contribution in [3.8, 4) is 12.3 Å². The molecule has 0 aliphatic carbocycles. The van der Waals surface area contributed by atoms with E-state index in [1.54, 1.807) is 44.2 Å². The van der Waals surface area contributed by atoms with Crippen LogP contribution in [0.1, 0.15) is 45.0 Å². The molecule has 2 aromatic carbocycles. The molecule has 0 unspecified atom stereocenters. The first-order chi connectivity index (χ1) is 20.7. The van der Waals surface area contributed by atoms with Gasteiger partial charge in [-0.2, -0.15) is 4.68 Å². The van der Waals surface area contributed by atoms with Gasteiger partial charge in [0.15, 0.2) is 12.4 Å². The summed E-state index contributed by atoms with van der Waals surface area (Å²) in [6.45, 7) is 6.96. The number of anilines is 1. The number of rotatable bonds is 8. The number of halogens is 1. The Kier molecular flexibility index (Phi) is 8.86. The average Bonchev–Trinajstić information content (AvgIpc) is 3.57. The molecule has 4 aromatic rings. The molecule has 12 heteroatoms. The van der Waals surface area contributed by atoms with Crippen LogP contribution in [0.25, 0.3) is 10.2 Å². The van der Waals surface area contributed by atoms with Gasteiger partial charge in [-0.25, -0.2) is 9.18 Å². The maximum atomic E-state index is 14.5. The van der Waals surface area contributed by atoms with Gasteiger partial charge in [-0.3, -0.25) is 14.5 Å². The van der Waals surface area contributed by atoms with Crippen LogP contribution in [0.2, 0.25) is 0 Å². The van der Waals surface area contributed by atoms with Crippen LogP contribution in [-0.4, -0.2) is 65.5 Å². The van der Waals surface area contributed by atoms with Crippen LogP contribution >= 0.6 is 11.3 Å². The summed E-state index contributed by atoms with van der Waals surface area (Å²) in [6.07, 6.45) is 4.36. The lowest BCUT2D eigenvalue weighted by atomic mass is 9.93. The quantitative estimate of drug-likeness (QED) is 0.283. The summed E-state index contributed by atoms with van der Waals surface area (Å²) >= 11 is 0.973. The molecule has 0 atom stereocenters. The van der Waals surface area contributed by atoms with E-state index in [9.17, 15) is 18.8 Å². The molecule has 2 N–H and O–H groups in total. The minimum atomic E-state index is -1.04. The Morgan fingerprint density at radius 2 is 1.84 bits per heavy atom. The van der Waals surface area contributed by atoms with Crippen molar-refractivity contribution >= 4 is 45.3 Å². The molecule has 2 aromatic heterocycles. The van der Waals surface area contributed by atoms with E-state index in [-0.39, 0.29) is 22.1 Å². The predicted molar refractivity (Wildman–Crippen MR) is 161 cm³/mol. The molecule has 3 heterocycles. The first kappa shape index (κ1) is 29.9. The van der Waals surface area contributed by atoms with Crippen LogP contribution in [0.3, 0.4) is 0 Å². The first-order valence-corrected chi connectivity index (χ1v) is 14.4. The molecule has 0 radical (unpaired) electrons. The molecule has 2 amide bonds. The SMILES string of the molecule is C#CCOC(=O)n1nc(NC(=O)c2ccc(CN3CCOCC3)cc2)c2cc(C(=O)NC(C)(C)c3ccccc3F)sc21. The van der Waals surface area contributed by atoms with Crippen molar-refractivity contribution in [1.29, 1.82) is 0 Å². The minimum absolute atomic E-state index is 0.0683. The topological polar surface area (TPSA) is 115 Å². The lowest BCUT2D eigenvalue weighted by molar-refractivity contribution is 0.0342. The lowest BCUT2D eigenvalue weighted by Gasteiger charge is -2.27. The molecule has 43 heavy (non-hydrogen) atoms. The number of hydrogen-bond donors (Lipinski definition) is 2. The molecule has 0 bridgehead atoms. The van der Waals surface area contributed by atoms with Crippen LogP contribution in [0, 0.1) is 18.2 Å². The van der Waals surface area contributed by atoms with Gasteiger partial charge in [-0.15, -0.1) is 22.9 Å². The molecule has 10 nitrogen and oxygen atoms in total. The number of hydrogen-bond acceptors (Lipinski definition) is 8. The summed E-state index contributed by atoms with van der Waals surface area (Å²) in [4.78, 5) is 42.0. The Labute approximate surface area is 251 Å². The maximum Gasteiger partial charge on any atom is 0.437 e. The Morgan fingerprint density at radius 3 is 2.53 bits per heavy atom. The monoisotopic (exact) mass is 603 g/mol. The highest BCUT2D eigenvalue weighted by atomic mass is 32.1. The van der Waals surface area contributed by atoms with Gasteiger partial charge in [0, 0.05) is 30.8 Å². The van der Waals surface area contributed by atoms with Crippen LogP contribution < -0.4 is 10.6 Å². The van der Waals surface area contributed by atoms with Crippen LogP contribution in [-0.2, 0) is 21.6 Å². The molecule has 1 aliphatic heterocycles. The first-order valence-electron chi connectivity index (χ1n) is 13.6. The van der Waals surface area contributed by atoms with E-state index < -0.39 is 29.3 Å². The molecule has 1 saturated heterocycles. The second-order valence-corrected chi connectivity index (χ2v) is 11.5. The van der Waals surface area contributed by atoms with Gasteiger partial charge in [-0.1, -0.05) is 36.3 Å². The van der Waals surface area contributed by atoms with Crippen LogP contribution in [0.15, 0.2) is 54.6 Å². The Balaban J connectivity index is 1.38. The molecule has 1 aliphatic rings. The highest BCUT2D eigenvalue weighted by Gasteiger charge is 2.29. The van der Waals surface area contributed by atoms with Crippen LogP contribution in [0.5, 0.6) is 0 Å². The third kappa shape index (κ3) is 6.75. The zero-order chi connectivity index (χ0) is 30.6. The fourth-order valence-corrected chi connectivity index (χ4v) is 5.74. The molecular weight excluding hydrogens is 573 g/mol. The van der Waals surface area contributed by atoms with E-state index in [0.29, 0.717) is 29.7 Å². The number of fused-ring (bicyclic) bond motifs is 1. The Hall–Kier alpha value is -4.57. The number of thiophene rings is 1. The third-order valence-electron chi connectivity index (χ3n) is 6.97. The second-order valence-electron chi connectivity index (χ2n) is 10.4. The van der Waals surface area contributed by atoms with Crippen molar-refractivity contribution in [2.75, 3.05) is 38.2 Å². The van der Waals surface area contributed by atoms with Crippen molar-refractivity contribution in [2.45, 2.75) is 25.9 Å². The fraction of sp³-hybridized carbons (Fsp3) is 0.290. The Bertz CT molecular complexity index is 1700. The van der Waals surface area contributed by atoms with E-state index in [2.05, 4.69) is 26.6 Å². The number of nitrogens with zero attached hydrogens (tertiary/aromatic N) is 3. The largest absolute Gasteiger partial charge is 0.437 e. The molecule has 1 fully saturated rings. The van der Waals surface area contributed by atoms with Gasteiger partial charge < -0.3 is 20.1 Å². The normalized spacial score (nSPS) is 13.8. The van der Waals surface area contributed by atoms with Crippen LogP contribution in [0.4, 0.5) is 15.0 Å². The zero-order valence-electron chi connectivity index (χ0n) is 23.7. The number of aromatic nitrogens is 2. The van der Waals surface area contributed by atoms with Crippen molar-refractivity contribution in [3.63, 3.8) is 0 Å². The van der Waals surface area contributed by atoms with Gasteiger partial charge in [0.05, 0.1) is 29.0 Å². The van der Waals surface area contributed by atoms with Gasteiger partial charge in [0.25, 0.3) is 11.8 Å². The molecule has 0 saturated carbocycles. The van der Waals surface area contributed by atoms with E-state index in [0.717, 1.165) is 41.2 Å². The molecule has 0 spiro atoms. The number of ether oxygens (including phenoxy) is 2. The summed E-state index contributed by atoms with van der Waals surface area (Å²) in [5.74, 6) is 0.902. The van der Waals surface area contributed by atoms with E-state index in [4.69, 9.17) is 15.9 Å². The number of amides is 2. The van der Waals surface area contributed by atoms with Gasteiger partial charge in [0.2, 0.25) is 0 Å². The minimum Gasteiger partial charge on any atom is -0.435 e. The number of terminal acetylenes is 1. The number of morpholine rings is 1. The van der Waals surface area contributed by atoms with Crippen molar-refractivity contribution < 1.29 is 28.2 Å². The molecule has 222 valence electrons. The Morgan fingerprint density at radius 1 is 1.12 bits per heavy atom. The number of benzene rings is 2. The highest BCUT2D eigenvalue weighted by Crippen LogP contribution is 2.33. The number of nitrogens with one attached hydrogen (secondary N) is 2. The lowest BCUT2D eigenvalue weighted by Crippen LogP contribution is -2.41. The zero-order valence-corrected chi connectivity index (χ0v) is 24.5. The predicted octanol–water partition coefficient (Wildman–Crippen LogP) is 4.60. The smallest absolute Gasteiger partial charge is 0.435 e. The highest BCUT2D eigenvalue weighted by molar-refractivity contribution is 7.20. The third-order valence-corrected chi connectivity index (χ3v) is 8.08. The summed E-state index contributed by atoms with van der Waals surface area (Å²) in [5, 5.41) is 10.2. The molecule has 5 rings (SSSR count). The summed E-state index contributed by atoms with van der Waals surface area (Å²) < 4.78 is 25.9. The standard InChI is InChI=1S/C31H30FN5O5S/c1-4-15-42-30(40)37-29-22(18-25(43-29)28(39)34-31(2,3)23-7-5-6-8-24(23)32)26(35-37)33-27(38)21-11-9-20(10-12-21)19-36-13-16-41-17-14-36/h1,5-12,18H,13-17,19H2,2-3H3,(H,34,39)(H,33,35,38).